The minimum absolute atomic E-state index is 0.0117. The average molecular weight is 432 g/mol. The second-order valence-electron chi connectivity index (χ2n) is 4.47. The van der Waals surface area contributed by atoms with Crippen LogP contribution in [0.4, 0.5) is 4.79 Å². The van der Waals surface area contributed by atoms with Gasteiger partial charge in [-0.15, -0.1) is 10.1 Å². The summed E-state index contributed by atoms with van der Waals surface area (Å²) in [6.07, 6.45) is -1.13. The number of alkyl halides is 1. The molecule has 1 saturated heterocycles. The molecule has 9 heteroatoms. The number of nitrogens with zero attached hydrogens (tertiary/aromatic N) is 2. The van der Waals surface area contributed by atoms with Crippen molar-refractivity contribution in [2.24, 2.45) is 0 Å². The number of imide groups is 1. The van der Waals surface area contributed by atoms with E-state index in [1.807, 2.05) is 22.6 Å². The minimum atomic E-state index is -1.10. The summed E-state index contributed by atoms with van der Waals surface area (Å²) in [5.74, 6) is -1.95. The molecule has 3 amide bonds. The number of hydrogen-bond acceptors (Lipinski definition) is 6. The molecule has 0 atom stereocenters. The standard InChI is InChI=1S/C14H13IN2O6/c15-8-9-16(22-13(20)10-4-2-1-3-5-10)14(21)23-17-11(18)6-7-12(17)19/h1-5H,6-9H2. The van der Waals surface area contributed by atoms with Crippen LogP contribution in [0.25, 0.3) is 0 Å². The van der Waals surface area contributed by atoms with E-state index in [-0.39, 0.29) is 24.9 Å². The highest BCUT2D eigenvalue weighted by atomic mass is 127. The molecule has 1 aromatic carbocycles. The molecule has 8 nitrogen and oxygen atoms in total. The molecule has 0 unspecified atom stereocenters. The highest BCUT2D eigenvalue weighted by molar-refractivity contribution is 14.1. The van der Waals surface area contributed by atoms with E-state index < -0.39 is 23.9 Å². The molecule has 1 aromatic rings. The molecule has 0 bridgehead atoms. The summed E-state index contributed by atoms with van der Waals surface area (Å²) in [4.78, 5) is 56.6. The summed E-state index contributed by atoms with van der Waals surface area (Å²) < 4.78 is 0.455. The number of hydrogen-bond donors (Lipinski definition) is 0. The predicted octanol–water partition coefficient (Wildman–Crippen LogP) is 1.70. The summed E-state index contributed by atoms with van der Waals surface area (Å²) in [7, 11) is 0. The second kappa shape index (κ2) is 7.90. The Hall–Kier alpha value is -2.17. The number of amides is 3. The third-order valence-corrected chi connectivity index (χ3v) is 3.35. The van der Waals surface area contributed by atoms with Crippen LogP contribution in [0.2, 0.25) is 0 Å². The first-order valence-electron chi connectivity index (χ1n) is 6.71. The first-order chi connectivity index (χ1) is 11.0. The first-order valence-corrected chi connectivity index (χ1v) is 8.24. The number of rotatable bonds is 4. The third kappa shape index (κ3) is 4.41. The van der Waals surface area contributed by atoms with Crippen molar-refractivity contribution in [3.8, 4) is 0 Å². The van der Waals surface area contributed by atoms with Crippen molar-refractivity contribution in [1.29, 1.82) is 0 Å². The van der Waals surface area contributed by atoms with Gasteiger partial charge in [-0.2, -0.15) is 0 Å². The fraction of sp³-hybridized carbons (Fsp3) is 0.286. The van der Waals surface area contributed by atoms with Crippen molar-refractivity contribution >= 4 is 46.5 Å². The molecule has 0 aliphatic carbocycles. The number of benzene rings is 1. The Morgan fingerprint density at radius 1 is 1.13 bits per heavy atom. The molecule has 122 valence electrons. The van der Waals surface area contributed by atoms with Crippen LogP contribution in [0.5, 0.6) is 0 Å². The van der Waals surface area contributed by atoms with Gasteiger partial charge in [-0.25, -0.2) is 9.59 Å². The summed E-state index contributed by atoms with van der Waals surface area (Å²) in [5, 5.41) is 1.08. The van der Waals surface area contributed by atoms with Gasteiger partial charge >= 0.3 is 12.1 Å². The zero-order chi connectivity index (χ0) is 16.8. The Morgan fingerprint density at radius 3 is 2.30 bits per heavy atom. The maximum absolute atomic E-state index is 12.0. The highest BCUT2D eigenvalue weighted by Crippen LogP contribution is 2.14. The molecular weight excluding hydrogens is 419 g/mol. The van der Waals surface area contributed by atoms with E-state index in [2.05, 4.69) is 0 Å². The molecule has 23 heavy (non-hydrogen) atoms. The van der Waals surface area contributed by atoms with Gasteiger partial charge in [0.1, 0.15) is 0 Å². The number of halogens is 1. The monoisotopic (exact) mass is 432 g/mol. The van der Waals surface area contributed by atoms with Gasteiger partial charge in [-0.1, -0.05) is 40.8 Å². The van der Waals surface area contributed by atoms with Gasteiger partial charge in [-0.3, -0.25) is 9.59 Å². The van der Waals surface area contributed by atoms with Gasteiger partial charge < -0.3 is 9.68 Å². The molecule has 1 aliphatic rings. The largest absolute Gasteiger partial charge is 0.468 e. The van der Waals surface area contributed by atoms with Crippen LogP contribution in [0.15, 0.2) is 30.3 Å². The zero-order valence-electron chi connectivity index (χ0n) is 11.9. The van der Waals surface area contributed by atoms with Crippen LogP contribution in [0.1, 0.15) is 23.2 Å². The maximum atomic E-state index is 12.0. The quantitative estimate of drug-likeness (QED) is 0.311. The molecule has 2 rings (SSSR count). The van der Waals surface area contributed by atoms with Gasteiger partial charge in [0.2, 0.25) is 0 Å². The summed E-state index contributed by atoms with van der Waals surface area (Å²) >= 11 is 1.98. The zero-order valence-corrected chi connectivity index (χ0v) is 14.1. The molecule has 1 fully saturated rings. The lowest BCUT2D eigenvalue weighted by Crippen LogP contribution is -2.41. The Bertz CT molecular complexity index is 605. The van der Waals surface area contributed by atoms with Gasteiger partial charge in [-0.05, 0) is 12.1 Å². The predicted molar refractivity (Wildman–Crippen MR) is 85.0 cm³/mol. The summed E-state index contributed by atoms with van der Waals surface area (Å²) in [6.45, 7) is 0.0498. The van der Waals surface area contributed by atoms with E-state index in [0.29, 0.717) is 14.6 Å². The van der Waals surface area contributed by atoms with E-state index in [0.717, 1.165) is 0 Å². The Kier molecular flexibility index (Phi) is 5.90. The van der Waals surface area contributed by atoms with Crippen LogP contribution >= 0.6 is 22.6 Å². The first kappa shape index (κ1) is 17.2. The molecule has 0 saturated carbocycles. The fourth-order valence-corrected chi connectivity index (χ4v) is 2.20. The van der Waals surface area contributed by atoms with Gasteiger partial charge in [0.15, 0.2) is 0 Å². The Morgan fingerprint density at radius 2 is 1.74 bits per heavy atom. The lowest BCUT2D eigenvalue weighted by Gasteiger charge is -2.21. The van der Waals surface area contributed by atoms with E-state index in [9.17, 15) is 19.2 Å². The topological polar surface area (TPSA) is 93.2 Å². The SMILES string of the molecule is O=C(ON(CCI)C(=O)ON1C(=O)CCC1=O)c1ccccc1. The van der Waals surface area contributed by atoms with Gasteiger partial charge in [0.25, 0.3) is 11.8 Å². The third-order valence-electron chi connectivity index (χ3n) is 2.87. The van der Waals surface area contributed by atoms with Crippen molar-refractivity contribution in [2.45, 2.75) is 12.8 Å². The van der Waals surface area contributed by atoms with E-state index in [1.54, 1.807) is 18.2 Å². The van der Waals surface area contributed by atoms with Crippen LogP contribution < -0.4 is 0 Å². The molecule has 0 spiro atoms. The van der Waals surface area contributed by atoms with Crippen LogP contribution in [-0.2, 0) is 19.3 Å². The summed E-state index contributed by atoms with van der Waals surface area (Å²) in [6, 6.07) is 8.10. The Balaban J connectivity index is 2.02. The summed E-state index contributed by atoms with van der Waals surface area (Å²) in [5.41, 5.74) is 0.257. The van der Waals surface area contributed by atoms with Crippen molar-refractivity contribution in [3.05, 3.63) is 35.9 Å². The van der Waals surface area contributed by atoms with E-state index >= 15 is 0 Å². The highest BCUT2D eigenvalue weighted by Gasteiger charge is 2.35. The lowest BCUT2D eigenvalue weighted by atomic mass is 10.2. The molecule has 0 N–H and O–H groups in total. The molecule has 1 aliphatic heterocycles. The molecule has 1 heterocycles. The van der Waals surface area contributed by atoms with Crippen molar-refractivity contribution < 1.29 is 28.9 Å². The van der Waals surface area contributed by atoms with E-state index in [4.69, 9.17) is 9.68 Å². The van der Waals surface area contributed by atoms with Crippen LogP contribution in [0, 0.1) is 0 Å². The van der Waals surface area contributed by atoms with Crippen LogP contribution in [0.3, 0.4) is 0 Å². The smallest absolute Gasteiger partial charge is 0.330 e. The molecular formula is C14H13IN2O6. The van der Waals surface area contributed by atoms with Crippen molar-refractivity contribution in [1.82, 2.24) is 10.1 Å². The fourth-order valence-electron chi connectivity index (χ4n) is 1.76. The van der Waals surface area contributed by atoms with E-state index in [1.165, 1.54) is 12.1 Å². The second-order valence-corrected chi connectivity index (χ2v) is 5.55. The average Bonchev–Trinajstić information content (AvgIpc) is 2.87. The van der Waals surface area contributed by atoms with Gasteiger partial charge in [0.05, 0.1) is 12.1 Å². The maximum Gasteiger partial charge on any atom is 0.468 e. The van der Waals surface area contributed by atoms with Crippen molar-refractivity contribution in [3.63, 3.8) is 0 Å². The molecule has 0 radical (unpaired) electrons. The van der Waals surface area contributed by atoms with Gasteiger partial charge in [0, 0.05) is 17.3 Å². The minimum Gasteiger partial charge on any atom is -0.330 e. The number of carbonyl (C=O) groups is 4. The van der Waals surface area contributed by atoms with Crippen molar-refractivity contribution in [2.75, 3.05) is 11.0 Å². The molecule has 0 aromatic heterocycles. The Labute approximate surface area is 145 Å². The normalized spacial score (nSPS) is 13.9. The lowest BCUT2D eigenvalue weighted by molar-refractivity contribution is -0.182. The number of carbonyl (C=O) groups excluding carboxylic acids is 4. The number of hydroxylamine groups is 4. The van der Waals surface area contributed by atoms with Crippen LogP contribution in [-0.4, -0.2) is 45.0 Å².